The highest BCUT2D eigenvalue weighted by molar-refractivity contribution is 6.31. The van der Waals surface area contributed by atoms with Gasteiger partial charge >= 0.3 is 0 Å². The molecule has 106 valence electrons. The highest BCUT2D eigenvalue weighted by Crippen LogP contribution is 2.27. The largest absolute Gasteiger partial charge is 0.398 e. The molecule has 0 aliphatic carbocycles. The van der Waals surface area contributed by atoms with E-state index in [-0.39, 0.29) is 0 Å². The van der Waals surface area contributed by atoms with E-state index in [1.807, 2.05) is 0 Å². The first-order valence-corrected chi connectivity index (χ1v) is 7.01. The van der Waals surface area contributed by atoms with Crippen LogP contribution in [0.1, 0.15) is 12.8 Å². The molecule has 20 heavy (non-hydrogen) atoms. The second-order valence-corrected chi connectivity index (χ2v) is 5.41. The molecule has 3 rings (SSSR count). The third-order valence-electron chi connectivity index (χ3n) is 3.56. The molecule has 7 heteroatoms. The Balaban J connectivity index is 1.80. The molecule has 1 fully saturated rings. The van der Waals surface area contributed by atoms with E-state index in [1.165, 1.54) is 0 Å². The topological polar surface area (TPSA) is 78.9 Å². The molecule has 0 bridgehead atoms. The average Bonchev–Trinajstić information content (AvgIpc) is 3.09. The van der Waals surface area contributed by atoms with Crippen LogP contribution in [0.15, 0.2) is 18.2 Å². The van der Waals surface area contributed by atoms with Gasteiger partial charge in [-0.15, -0.1) is 5.10 Å². The number of rotatable bonds is 4. The molecular formula is C13H16ClN5O. The van der Waals surface area contributed by atoms with Crippen LogP contribution in [0.5, 0.6) is 0 Å². The summed E-state index contributed by atoms with van der Waals surface area (Å²) in [7, 11) is 0. The van der Waals surface area contributed by atoms with Crippen molar-refractivity contribution < 1.29 is 4.74 Å². The molecule has 2 aromatic rings. The van der Waals surface area contributed by atoms with Gasteiger partial charge in [0.2, 0.25) is 0 Å². The number of aryl methyl sites for hydroxylation is 1. The van der Waals surface area contributed by atoms with Crippen molar-refractivity contribution in [3.63, 3.8) is 0 Å². The molecule has 2 heterocycles. The smallest absolute Gasteiger partial charge is 0.184 e. The summed E-state index contributed by atoms with van der Waals surface area (Å²) in [6, 6.07) is 5.31. The normalized spacial score (nSPS) is 18.6. The summed E-state index contributed by atoms with van der Waals surface area (Å²) in [6.45, 7) is 2.44. The van der Waals surface area contributed by atoms with Crippen molar-refractivity contribution in [3.8, 4) is 11.4 Å². The van der Waals surface area contributed by atoms with Crippen LogP contribution in [0.3, 0.4) is 0 Å². The summed E-state index contributed by atoms with van der Waals surface area (Å²) in [5, 5.41) is 12.5. The van der Waals surface area contributed by atoms with Crippen LogP contribution in [-0.4, -0.2) is 33.4 Å². The molecule has 1 atom stereocenters. The number of anilines is 1. The summed E-state index contributed by atoms with van der Waals surface area (Å²) in [6.07, 6.45) is 2.11. The Morgan fingerprint density at radius 2 is 2.35 bits per heavy atom. The van der Waals surface area contributed by atoms with Gasteiger partial charge in [-0.05, 0) is 47.4 Å². The number of nitrogens with two attached hydrogens (primary N) is 1. The van der Waals surface area contributed by atoms with Crippen molar-refractivity contribution in [2.45, 2.75) is 19.4 Å². The van der Waals surface area contributed by atoms with E-state index < -0.39 is 0 Å². The molecule has 0 amide bonds. The number of aromatic nitrogens is 4. The van der Waals surface area contributed by atoms with Gasteiger partial charge in [0.25, 0.3) is 0 Å². The molecule has 1 aliphatic heterocycles. The van der Waals surface area contributed by atoms with Crippen LogP contribution in [0.2, 0.25) is 5.02 Å². The maximum Gasteiger partial charge on any atom is 0.184 e. The molecule has 6 nitrogen and oxygen atoms in total. The number of hydrogen-bond donors (Lipinski definition) is 1. The van der Waals surface area contributed by atoms with Gasteiger partial charge in [-0.2, -0.15) is 0 Å². The highest BCUT2D eigenvalue weighted by Gasteiger charge is 2.18. The zero-order valence-corrected chi connectivity index (χ0v) is 11.8. The summed E-state index contributed by atoms with van der Waals surface area (Å²) in [5.74, 6) is 1.24. The lowest BCUT2D eigenvalue weighted by molar-refractivity contribution is 0.183. The van der Waals surface area contributed by atoms with Crippen LogP contribution >= 0.6 is 11.6 Å². The molecule has 0 radical (unpaired) electrons. The Labute approximate surface area is 121 Å². The van der Waals surface area contributed by atoms with Gasteiger partial charge in [0, 0.05) is 36.0 Å². The third-order valence-corrected chi connectivity index (χ3v) is 3.80. The minimum absolute atomic E-state index is 0.587. The molecule has 0 spiro atoms. The Hall–Kier alpha value is -1.66. The van der Waals surface area contributed by atoms with Crippen molar-refractivity contribution in [1.82, 2.24) is 20.2 Å². The molecule has 1 aromatic carbocycles. The molecule has 1 aliphatic rings. The summed E-state index contributed by atoms with van der Waals surface area (Å²) < 4.78 is 7.16. The number of tetrazole rings is 1. The van der Waals surface area contributed by atoms with Gasteiger partial charge in [-0.25, -0.2) is 4.68 Å². The van der Waals surface area contributed by atoms with Crippen LogP contribution in [0.4, 0.5) is 5.69 Å². The number of halogens is 1. The molecule has 2 N–H and O–H groups in total. The van der Waals surface area contributed by atoms with E-state index in [0.717, 1.165) is 38.2 Å². The van der Waals surface area contributed by atoms with Gasteiger partial charge < -0.3 is 10.5 Å². The SMILES string of the molecule is Nc1ccc(Cl)cc1-c1nnnn1CCC1CCOC1. The number of nitrogen functional groups attached to an aromatic ring is 1. The lowest BCUT2D eigenvalue weighted by Gasteiger charge is -2.09. The standard InChI is InChI=1S/C13H16ClN5O/c14-10-1-2-12(15)11(7-10)13-16-17-18-19(13)5-3-9-4-6-20-8-9/h1-2,7,9H,3-6,8,15H2. The zero-order chi connectivity index (χ0) is 13.9. The first-order valence-electron chi connectivity index (χ1n) is 6.63. The fourth-order valence-electron chi connectivity index (χ4n) is 2.39. The maximum absolute atomic E-state index is 6.02. The van der Waals surface area contributed by atoms with E-state index in [1.54, 1.807) is 22.9 Å². The van der Waals surface area contributed by atoms with Crippen LogP contribution in [0.25, 0.3) is 11.4 Å². The van der Waals surface area contributed by atoms with Crippen molar-refractivity contribution in [3.05, 3.63) is 23.2 Å². The van der Waals surface area contributed by atoms with E-state index in [4.69, 9.17) is 22.1 Å². The van der Waals surface area contributed by atoms with Crippen molar-refractivity contribution in [2.24, 2.45) is 5.92 Å². The highest BCUT2D eigenvalue weighted by atomic mass is 35.5. The molecule has 1 aromatic heterocycles. The van der Waals surface area contributed by atoms with Crippen LogP contribution in [0, 0.1) is 5.92 Å². The van der Waals surface area contributed by atoms with E-state index in [9.17, 15) is 0 Å². The van der Waals surface area contributed by atoms with Gasteiger partial charge in [0.15, 0.2) is 5.82 Å². The monoisotopic (exact) mass is 293 g/mol. The zero-order valence-electron chi connectivity index (χ0n) is 11.0. The Morgan fingerprint density at radius 3 is 3.15 bits per heavy atom. The lowest BCUT2D eigenvalue weighted by atomic mass is 10.1. The van der Waals surface area contributed by atoms with Gasteiger partial charge in [-0.1, -0.05) is 11.6 Å². The van der Waals surface area contributed by atoms with Crippen LogP contribution < -0.4 is 5.73 Å². The molecular weight excluding hydrogens is 278 g/mol. The Kier molecular flexibility index (Phi) is 3.84. The fourth-order valence-corrected chi connectivity index (χ4v) is 2.56. The first kappa shape index (κ1) is 13.3. The summed E-state index contributed by atoms with van der Waals surface area (Å²) >= 11 is 6.02. The van der Waals surface area contributed by atoms with E-state index >= 15 is 0 Å². The maximum atomic E-state index is 6.02. The lowest BCUT2D eigenvalue weighted by Crippen LogP contribution is -2.09. The Bertz CT molecular complexity index is 594. The molecule has 1 unspecified atom stereocenters. The number of hydrogen-bond acceptors (Lipinski definition) is 5. The average molecular weight is 294 g/mol. The minimum Gasteiger partial charge on any atom is -0.398 e. The second-order valence-electron chi connectivity index (χ2n) is 4.98. The summed E-state index contributed by atoms with van der Waals surface area (Å²) in [5.41, 5.74) is 7.37. The molecule has 1 saturated heterocycles. The fraction of sp³-hybridized carbons (Fsp3) is 0.462. The Morgan fingerprint density at radius 1 is 1.45 bits per heavy atom. The second kappa shape index (κ2) is 5.76. The number of benzene rings is 1. The minimum atomic E-state index is 0.587. The number of nitrogens with zero attached hydrogens (tertiary/aromatic N) is 4. The quantitative estimate of drug-likeness (QED) is 0.872. The predicted octanol–water partition coefficient (Wildman–Crippen LogP) is 2.00. The van der Waals surface area contributed by atoms with Gasteiger partial charge in [0.05, 0.1) is 0 Å². The van der Waals surface area contributed by atoms with Crippen molar-refractivity contribution >= 4 is 17.3 Å². The predicted molar refractivity (Wildman–Crippen MR) is 76.2 cm³/mol. The molecule has 0 saturated carbocycles. The van der Waals surface area contributed by atoms with E-state index in [0.29, 0.717) is 22.5 Å². The first-order chi connectivity index (χ1) is 9.74. The van der Waals surface area contributed by atoms with Gasteiger partial charge in [0.1, 0.15) is 0 Å². The summed E-state index contributed by atoms with van der Waals surface area (Å²) in [4.78, 5) is 0. The van der Waals surface area contributed by atoms with Crippen LogP contribution in [-0.2, 0) is 11.3 Å². The number of ether oxygens (including phenoxy) is 1. The van der Waals surface area contributed by atoms with Crippen molar-refractivity contribution in [2.75, 3.05) is 18.9 Å². The van der Waals surface area contributed by atoms with Crippen molar-refractivity contribution in [1.29, 1.82) is 0 Å². The third kappa shape index (κ3) is 2.76. The van der Waals surface area contributed by atoms with E-state index in [2.05, 4.69) is 15.5 Å². The van der Waals surface area contributed by atoms with Gasteiger partial charge in [-0.3, -0.25) is 0 Å².